The van der Waals surface area contributed by atoms with Crippen molar-refractivity contribution in [3.05, 3.63) is 266 Å². The van der Waals surface area contributed by atoms with Crippen LogP contribution in [0.15, 0.2) is 255 Å². The summed E-state index contributed by atoms with van der Waals surface area (Å²) in [5.41, 5.74) is 17.1. The van der Waals surface area contributed by atoms with Gasteiger partial charge in [-0.05, 0) is 127 Å². The van der Waals surface area contributed by atoms with Crippen LogP contribution in [0.1, 0.15) is 11.1 Å². The van der Waals surface area contributed by atoms with Crippen LogP contribution < -0.4 is 0 Å². The van der Waals surface area contributed by atoms with E-state index in [1.54, 1.807) is 0 Å². The molecule has 0 saturated carbocycles. The molecule has 0 heteroatoms. The van der Waals surface area contributed by atoms with E-state index in [0.717, 1.165) is 5.56 Å². The molecule has 12 aromatic carbocycles. The molecule has 0 unspecified atom stereocenters. The number of fused-ring (bicyclic) bond motifs is 4. The van der Waals surface area contributed by atoms with Gasteiger partial charge in [-0.2, -0.15) is 0 Å². The minimum Gasteiger partial charge on any atom is -0.0622 e. The van der Waals surface area contributed by atoms with E-state index >= 15 is 0 Å². The molecule has 0 heterocycles. The fraction of sp³-hybridized carbons (Fsp3) is 0. The Labute approximate surface area is 386 Å². The van der Waals surface area contributed by atoms with Crippen molar-refractivity contribution in [2.75, 3.05) is 0 Å². The second kappa shape index (κ2) is 16.8. The standard InChI is InChI=1S/C66H44/c1-4-24-47(25-5-1)62-56-35-15-18-38-59(56)65(60-39-19-16-36-57(60)62)53-33-13-12-32-52(53)50-30-20-22-45(44-50)42-43-46-23-10-11-31-51(46)54-40-21-41-61-63(48-26-6-2-7-27-48)55-34-14-17-37-58(55)64(66(54)61)49-28-8-3-9-29-49/h1-44H. The van der Waals surface area contributed by atoms with Gasteiger partial charge in [-0.1, -0.05) is 261 Å². The van der Waals surface area contributed by atoms with Gasteiger partial charge in [-0.3, -0.25) is 0 Å². The molecule has 0 N–H and O–H groups in total. The Morgan fingerprint density at radius 1 is 0.212 bits per heavy atom. The average Bonchev–Trinajstić information content (AvgIpc) is 3.39. The lowest BCUT2D eigenvalue weighted by molar-refractivity contribution is 1.59. The van der Waals surface area contributed by atoms with Crippen LogP contribution in [-0.4, -0.2) is 0 Å². The monoisotopic (exact) mass is 836 g/mol. The third kappa shape index (κ3) is 6.79. The lowest BCUT2D eigenvalue weighted by atomic mass is 9.82. The van der Waals surface area contributed by atoms with Crippen molar-refractivity contribution in [3.8, 4) is 66.8 Å². The fourth-order valence-electron chi connectivity index (χ4n) is 10.4. The van der Waals surface area contributed by atoms with Gasteiger partial charge in [0.05, 0.1) is 0 Å². The largest absolute Gasteiger partial charge is 0.0622 e. The molecule has 0 atom stereocenters. The minimum absolute atomic E-state index is 1.14. The molecule has 0 aliphatic heterocycles. The quantitative estimate of drug-likeness (QED) is 0.106. The number of hydrogen-bond acceptors (Lipinski definition) is 0. The number of benzene rings is 12. The summed E-state index contributed by atoms with van der Waals surface area (Å²) in [7, 11) is 0. The smallest absolute Gasteiger partial charge is 0.00139 e. The highest BCUT2D eigenvalue weighted by atomic mass is 14.2. The van der Waals surface area contributed by atoms with Crippen molar-refractivity contribution >= 4 is 55.2 Å². The number of hydrogen-bond donors (Lipinski definition) is 0. The Kier molecular flexibility index (Phi) is 9.97. The van der Waals surface area contributed by atoms with Crippen LogP contribution in [0.4, 0.5) is 0 Å². The van der Waals surface area contributed by atoms with Gasteiger partial charge in [-0.25, -0.2) is 0 Å². The number of rotatable bonds is 8. The molecule has 0 aromatic heterocycles. The Morgan fingerprint density at radius 3 is 1.17 bits per heavy atom. The Balaban J connectivity index is 1.00. The van der Waals surface area contributed by atoms with Crippen molar-refractivity contribution in [1.29, 1.82) is 0 Å². The average molecular weight is 837 g/mol. The molecular formula is C66H44. The van der Waals surface area contributed by atoms with Crippen LogP contribution >= 0.6 is 0 Å². The first-order chi connectivity index (χ1) is 32.8. The zero-order chi connectivity index (χ0) is 43.8. The maximum Gasteiger partial charge on any atom is -0.00139 e. The van der Waals surface area contributed by atoms with Gasteiger partial charge in [-0.15, -0.1) is 0 Å². The van der Waals surface area contributed by atoms with Crippen LogP contribution in [0.5, 0.6) is 0 Å². The zero-order valence-electron chi connectivity index (χ0n) is 36.4. The molecule has 0 saturated heterocycles. The van der Waals surface area contributed by atoms with E-state index in [1.165, 1.54) is 115 Å². The Hall–Kier alpha value is -8.58. The summed E-state index contributed by atoms with van der Waals surface area (Å²) >= 11 is 0. The predicted molar refractivity (Wildman–Crippen MR) is 284 cm³/mol. The molecular weight excluding hydrogens is 793 g/mol. The zero-order valence-corrected chi connectivity index (χ0v) is 36.4. The molecule has 0 nitrogen and oxygen atoms in total. The molecule has 12 rings (SSSR count). The van der Waals surface area contributed by atoms with Gasteiger partial charge in [0.25, 0.3) is 0 Å². The van der Waals surface area contributed by atoms with Crippen molar-refractivity contribution in [1.82, 2.24) is 0 Å². The highest BCUT2D eigenvalue weighted by molar-refractivity contribution is 6.25. The maximum absolute atomic E-state index is 2.34. The lowest BCUT2D eigenvalue weighted by Gasteiger charge is -2.21. The van der Waals surface area contributed by atoms with Crippen molar-refractivity contribution in [2.24, 2.45) is 0 Å². The molecule has 66 heavy (non-hydrogen) atoms. The van der Waals surface area contributed by atoms with Crippen LogP contribution in [0.25, 0.3) is 122 Å². The van der Waals surface area contributed by atoms with E-state index < -0.39 is 0 Å². The highest BCUT2D eigenvalue weighted by Crippen LogP contribution is 2.49. The summed E-state index contributed by atoms with van der Waals surface area (Å²) < 4.78 is 0. The van der Waals surface area contributed by atoms with Crippen LogP contribution in [0, 0.1) is 0 Å². The van der Waals surface area contributed by atoms with E-state index in [0.29, 0.717) is 0 Å². The van der Waals surface area contributed by atoms with Gasteiger partial charge in [0, 0.05) is 0 Å². The Bertz CT molecular complexity index is 3730. The van der Waals surface area contributed by atoms with Crippen LogP contribution in [-0.2, 0) is 0 Å². The van der Waals surface area contributed by atoms with Gasteiger partial charge >= 0.3 is 0 Å². The molecule has 0 amide bonds. The minimum atomic E-state index is 1.14. The molecule has 308 valence electrons. The fourth-order valence-corrected chi connectivity index (χ4v) is 10.4. The summed E-state index contributed by atoms with van der Waals surface area (Å²) in [6.45, 7) is 0. The SMILES string of the molecule is C(=Cc1ccccc1-c1cccc2c(-c3ccccc3)c3ccccc3c(-c3ccccc3)c12)c1cccc(-c2ccccc2-c2c3ccccc3c(-c3ccccc3)c3ccccc23)c1. The van der Waals surface area contributed by atoms with Crippen molar-refractivity contribution < 1.29 is 0 Å². The van der Waals surface area contributed by atoms with E-state index in [1.807, 2.05) is 0 Å². The van der Waals surface area contributed by atoms with Gasteiger partial charge in [0.15, 0.2) is 0 Å². The third-order valence-electron chi connectivity index (χ3n) is 13.3. The topological polar surface area (TPSA) is 0 Å². The lowest BCUT2D eigenvalue weighted by Crippen LogP contribution is -1.94. The van der Waals surface area contributed by atoms with Gasteiger partial charge < -0.3 is 0 Å². The van der Waals surface area contributed by atoms with Crippen LogP contribution in [0.2, 0.25) is 0 Å². The first-order valence-electron chi connectivity index (χ1n) is 22.8. The normalized spacial score (nSPS) is 11.6. The van der Waals surface area contributed by atoms with E-state index in [-0.39, 0.29) is 0 Å². The third-order valence-corrected chi connectivity index (χ3v) is 13.3. The summed E-state index contributed by atoms with van der Waals surface area (Å²) in [6.07, 6.45) is 4.57. The van der Waals surface area contributed by atoms with Crippen LogP contribution in [0.3, 0.4) is 0 Å². The molecule has 0 spiro atoms. The summed E-state index contributed by atoms with van der Waals surface area (Å²) in [4.78, 5) is 0. The van der Waals surface area contributed by atoms with Gasteiger partial charge in [0.1, 0.15) is 0 Å². The summed E-state index contributed by atoms with van der Waals surface area (Å²) in [5, 5.41) is 10.0. The van der Waals surface area contributed by atoms with Gasteiger partial charge in [0.2, 0.25) is 0 Å². The predicted octanol–water partition coefficient (Wildman–Crippen LogP) is 18.5. The second-order valence-corrected chi connectivity index (χ2v) is 17.1. The molecule has 0 aliphatic rings. The first kappa shape index (κ1) is 39.0. The molecule has 0 fully saturated rings. The maximum atomic E-state index is 2.34. The molecule has 12 aromatic rings. The molecule has 0 bridgehead atoms. The van der Waals surface area contributed by atoms with E-state index in [2.05, 4.69) is 267 Å². The van der Waals surface area contributed by atoms with E-state index in [4.69, 9.17) is 0 Å². The highest BCUT2D eigenvalue weighted by Gasteiger charge is 2.21. The summed E-state index contributed by atoms with van der Waals surface area (Å²) in [6, 6.07) is 93.0. The van der Waals surface area contributed by atoms with Crippen molar-refractivity contribution in [2.45, 2.75) is 0 Å². The first-order valence-corrected chi connectivity index (χ1v) is 22.8. The van der Waals surface area contributed by atoms with E-state index in [9.17, 15) is 0 Å². The molecule has 0 radical (unpaired) electrons. The van der Waals surface area contributed by atoms with Crippen molar-refractivity contribution in [3.63, 3.8) is 0 Å². The summed E-state index contributed by atoms with van der Waals surface area (Å²) in [5.74, 6) is 0. The molecule has 0 aliphatic carbocycles. The second-order valence-electron chi connectivity index (χ2n) is 17.1. The Morgan fingerprint density at radius 2 is 0.591 bits per heavy atom.